The molecule has 0 aliphatic heterocycles. The van der Waals surface area contributed by atoms with Gasteiger partial charge in [-0.3, -0.25) is 0 Å². The molecule has 64 valence electrons. The summed E-state index contributed by atoms with van der Waals surface area (Å²) in [5, 5.41) is 8.27. The number of carboxylic acids is 1. The first kappa shape index (κ1) is 8.71. The minimum absolute atomic E-state index is 0.0594. The molecular formula is C9H9FO2. The summed E-state index contributed by atoms with van der Waals surface area (Å²) in [5.41, 5.74) is 0.701. The molecule has 0 aromatic heterocycles. The first-order valence-electron chi connectivity index (χ1n) is 3.61. The zero-order valence-electron chi connectivity index (χ0n) is 6.40. The number of aliphatic carboxylic acids is 1. The van der Waals surface area contributed by atoms with Gasteiger partial charge < -0.3 is 5.11 Å². The van der Waals surface area contributed by atoms with Crippen LogP contribution in [0.5, 0.6) is 0 Å². The third kappa shape index (κ3) is 2.34. The highest BCUT2D eigenvalue weighted by atomic mass is 19.1. The van der Waals surface area contributed by atoms with Crippen LogP contribution >= 0.6 is 0 Å². The zero-order chi connectivity index (χ0) is 8.97. The topological polar surface area (TPSA) is 37.3 Å². The number of alkyl halides is 1. The molecule has 1 atom stereocenters. The predicted octanol–water partition coefficient (Wildman–Crippen LogP) is 1.65. The van der Waals surface area contributed by atoms with Crippen LogP contribution in [-0.4, -0.2) is 17.2 Å². The minimum Gasteiger partial charge on any atom is -0.479 e. The second kappa shape index (κ2) is 3.85. The molecule has 3 heteroatoms. The van der Waals surface area contributed by atoms with E-state index < -0.39 is 12.1 Å². The number of carboxylic acid groups (broad SMARTS) is 1. The maximum absolute atomic E-state index is 12.6. The Labute approximate surface area is 69.6 Å². The van der Waals surface area contributed by atoms with Crippen molar-refractivity contribution in [3.8, 4) is 0 Å². The highest BCUT2D eigenvalue weighted by Gasteiger charge is 2.15. The molecule has 1 aromatic carbocycles. The third-order valence-corrected chi connectivity index (χ3v) is 1.53. The van der Waals surface area contributed by atoms with Crippen molar-refractivity contribution in [3.05, 3.63) is 35.9 Å². The molecule has 0 saturated carbocycles. The molecule has 1 unspecified atom stereocenters. The fourth-order valence-corrected chi connectivity index (χ4v) is 0.908. The Bertz CT molecular complexity index is 258. The lowest BCUT2D eigenvalue weighted by Gasteiger charge is -2.01. The van der Waals surface area contributed by atoms with Gasteiger partial charge in [-0.05, 0) is 5.56 Å². The van der Waals surface area contributed by atoms with Crippen LogP contribution in [0.3, 0.4) is 0 Å². The minimum atomic E-state index is -1.80. The molecule has 0 radical (unpaired) electrons. The number of halogens is 1. The molecule has 1 aromatic rings. The Balaban J connectivity index is 2.58. The predicted molar refractivity (Wildman–Crippen MR) is 42.7 cm³/mol. The van der Waals surface area contributed by atoms with Gasteiger partial charge in [-0.1, -0.05) is 30.3 Å². The summed E-state index contributed by atoms with van der Waals surface area (Å²) in [6.45, 7) is 0. The van der Waals surface area contributed by atoms with Crippen molar-refractivity contribution in [1.29, 1.82) is 0 Å². The van der Waals surface area contributed by atoms with Crippen molar-refractivity contribution in [3.63, 3.8) is 0 Å². The lowest BCUT2D eigenvalue weighted by atomic mass is 10.1. The van der Waals surface area contributed by atoms with E-state index in [1.165, 1.54) is 0 Å². The van der Waals surface area contributed by atoms with Gasteiger partial charge in [0.15, 0.2) is 0 Å². The third-order valence-electron chi connectivity index (χ3n) is 1.53. The Morgan fingerprint density at radius 2 is 2.00 bits per heavy atom. The van der Waals surface area contributed by atoms with E-state index in [4.69, 9.17) is 5.11 Å². The second-order valence-electron chi connectivity index (χ2n) is 2.50. The van der Waals surface area contributed by atoms with Crippen molar-refractivity contribution in [2.24, 2.45) is 0 Å². The van der Waals surface area contributed by atoms with E-state index >= 15 is 0 Å². The van der Waals surface area contributed by atoms with Crippen LogP contribution in [0.25, 0.3) is 0 Å². The Morgan fingerprint density at radius 3 is 2.50 bits per heavy atom. The lowest BCUT2D eigenvalue weighted by molar-refractivity contribution is -0.142. The maximum Gasteiger partial charge on any atom is 0.338 e. The standard InChI is InChI=1S/C9H9FO2/c10-8(9(11)12)6-7-4-2-1-3-5-7/h1-5,8H,6H2,(H,11,12). The number of benzene rings is 1. The number of rotatable bonds is 3. The van der Waals surface area contributed by atoms with Crippen LogP contribution in [0.4, 0.5) is 4.39 Å². The first-order valence-corrected chi connectivity index (χ1v) is 3.61. The van der Waals surface area contributed by atoms with Crippen LogP contribution in [0.15, 0.2) is 30.3 Å². The number of carbonyl (C=O) groups is 1. The van der Waals surface area contributed by atoms with Crippen LogP contribution in [0.1, 0.15) is 5.56 Å². The molecule has 0 saturated heterocycles. The second-order valence-corrected chi connectivity index (χ2v) is 2.50. The van der Waals surface area contributed by atoms with Crippen LogP contribution < -0.4 is 0 Å². The van der Waals surface area contributed by atoms with Crippen LogP contribution in [0.2, 0.25) is 0 Å². The fraction of sp³-hybridized carbons (Fsp3) is 0.222. The summed E-state index contributed by atoms with van der Waals surface area (Å²) in [5.74, 6) is -1.40. The molecular weight excluding hydrogens is 159 g/mol. The number of hydrogen-bond donors (Lipinski definition) is 1. The van der Waals surface area contributed by atoms with Gasteiger partial charge in [-0.15, -0.1) is 0 Å². The monoisotopic (exact) mass is 168 g/mol. The smallest absolute Gasteiger partial charge is 0.338 e. The quantitative estimate of drug-likeness (QED) is 0.745. The van der Waals surface area contributed by atoms with E-state index in [9.17, 15) is 9.18 Å². The SMILES string of the molecule is O=C(O)C(F)Cc1ccccc1. The van der Waals surface area contributed by atoms with Crippen molar-refractivity contribution in [2.75, 3.05) is 0 Å². The molecule has 12 heavy (non-hydrogen) atoms. The molecule has 0 amide bonds. The highest BCUT2D eigenvalue weighted by molar-refractivity contribution is 5.72. The van der Waals surface area contributed by atoms with Crippen molar-refractivity contribution in [1.82, 2.24) is 0 Å². The lowest BCUT2D eigenvalue weighted by Crippen LogP contribution is -2.16. The highest BCUT2D eigenvalue weighted by Crippen LogP contribution is 2.05. The van der Waals surface area contributed by atoms with Gasteiger partial charge in [0.05, 0.1) is 0 Å². The fourth-order valence-electron chi connectivity index (χ4n) is 0.908. The van der Waals surface area contributed by atoms with E-state index in [0.717, 1.165) is 0 Å². The van der Waals surface area contributed by atoms with Crippen molar-refractivity contribution in [2.45, 2.75) is 12.6 Å². The van der Waals surface area contributed by atoms with Gasteiger partial charge in [0, 0.05) is 6.42 Å². The van der Waals surface area contributed by atoms with Gasteiger partial charge in [0.2, 0.25) is 6.17 Å². The van der Waals surface area contributed by atoms with Crippen molar-refractivity contribution >= 4 is 5.97 Å². The molecule has 2 nitrogen and oxygen atoms in total. The average molecular weight is 168 g/mol. The Hall–Kier alpha value is -1.38. The van der Waals surface area contributed by atoms with E-state index in [-0.39, 0.29) is 6.42 Å². The molecule has 0 bridgehead atoms. The molecule has 1 N–H and O–H groups in total. The molecule has 0 aliphatic carbocycles. The van der Waals surface area contributed by atoms with Gasteiger partial charge in [-0.2, -0.15) is 0 Å². The van der Waals surface area contributed by atoms with Gasteiger partial charge in [0.25, 0.3) is 0 Å². The molecule has 0 spiro atoms. The van der Waals surface area contributed by atoms with Crippen LogP contribution in [-0.2, 0) is 11.2 Å². The van der Waals surface area contributed by atoms with Gasteiger partial charge in [-0.25, -0.2) is 9.18 Å². The summed E-state index contributed by atoms with van der Waals surface area (Å²) in [6, 6.07) is 8.72. The van der Waals surface area contributed by atoms with Crippen LogP contribution in [0, 0.1) is 0 Å². The molecule has 0 fully saturated rings. The summed E-state index contributed by atoms with van der Waals surface area (Å²) < 4.78 is 12.6. The van der Waals surface area contributed by atoms with Crippen molar-refractivity contribution < 1.29 is 14.3 Å². The zero-order valence-corrected chi connectivity index (χ0v) is 6.40. The van der Waals surface area contributed by atoms with Gasteiger partial charge >= 0.3 is 5.97 Å². The maximum atomic E-state index is 12.6. The van der Waals surface area contributed by atoms with E-state index in [1.54, 1.807) is 30.3 Å². The van der Waals surface area contributed by atoms with E-state index in [2.05, 4.69) is 0 Å². The Kier molecular flexibility index (Phi) is 2.80. The van der Waals surface area contributed by atoms with E-state index in [0.29, 0.717) is 5.56 Å². The summed E-state index contributed by atoms with van der Waals surface area (Å²) in [6.07, 6.45) is -1.86. The molecule has 0 aliphatic rings. The summed E-state index contributed by atoms with van der Waals surface area (Å²) >= 11 is 0. The summed E-state index contributed by atoms with van der Waals surface area (Å²) in [7, 11) is 0. The number of hydrogen-bond acceptors (Lipinski definition) is 1. The van der Waals surface area contributed by atoms with Gasteiger partial charge in [0.1, 0.15) is 0 Å². The first-order chi connectivity index (χ1) is 5.70. The largest absolute Gasteiger partial charge is 0.479 e. The average Bonchev–Trinajstić information content (AvgIpc) is 2.06. The molecule has 0 heterocycles. The molecule has 1 rings (SSSR count). The Morgan fingerprint density at radius 1 is 1.42 bits per heavy atom. The van der Waals surface area contributed by atoms with E-state index in [1.807, 2.05) is 0 Å². The normalized spacial score (nSPS) is 12.4. The summed E-state index contributed by atoms with van der Waals surface area (Å²) in [4.78, 5) is 10.1.